The van der Waals surface area contributed by atoms with E-state index in [4.69, 9.17) is 37.1 Å². The van der Waals surface area contributed by atoms with Crippen LogP contribution in [0.25, 0.3) is 11.0 Å². The summed E-state index contributed by atoms with van der Waals surface area (Å²) >= 11 is 12.3. The second-order valence-electron chi connectivity index (χ2n) is 7.37. The van der Waals surface area contributed by atoms with Gasteiger partial charge in [0.2, 0.25) is 5.76 Å². The first-order valence-electron chi connectivity index (χ1n) is 10.3. The smallest absolute Gasteiger partial charge is 0.375 e. The van der Waals surface area contributed by atoms with Crippen molar-refractivity contribution < 1.29 is 23.5 Å². The fourth-order valence-corrected chi connectivity index (χ4v) is 4.15. The average molecular weight is 478 g/mol. The van der Waals surface area contributed by atoms with Crippen LogP contribution in [-0.4, -0.2) is 32.1 Å². The third kappa shape index (κ3) is 5.82. The van der Waals surface area contributed by atoms with Crippen LogP contribution in [0.5, 0.6) is 0 Å². The van der Waals surface area contributed by atoms with Gasteiger partial charge in [0, 0.05) is 40.6 Å². The lowest BCUT2D eigenvalue weighted by Crippen LogP contribution is -2.32. The Labute approximate surface area is 196 Å². The van der Waals surface area contributed by atoms with Crippen molar-refractivity contribution in [3.63, 3.8) is 0 Å². The monoisotopic (exact) mass is 477 g/mol. The zero-order valence-electron chi connectivity index (χ0n) is 18.0. The number of carbonyl (C=O) groups is 2. The number of para-hydroxylation sites is 1. The summed E-state index contributed by atoms with van der Waals surface area (Å²) in [6.45, 7) is 2.19. The highest BCUT2D eigenvalue weighted by Crippen LogP contribution is 2.30. The molecule has 0 radical (unpaired) electrons. The molecule has 0 spiro atoms. The number of hydrogen-bond donors (Lipinski definition) is 1. The van der Waals surface area contributed by atoms with Crippen LogP contribution in [0.3, 0.4) is 0 Å². The van der Waals surface area contributed by atoms with E-state index in [0.29, 0.717) is 27.7 Å². The zero-order valence-corrected chi connectivity index (χ0v) is 19.5. The summed E-state index contributed by atoms with van der Waals surface area (Å²) in [4.78, 5) is 24.9. The molecular weight excluding hydrogens is 453 g/mol. The molecule has 6 nitrogen and oxygen atoms in total. The Morgan fingerprint density at radius 1 is 1.16 bits per heavy atom. The number of fused-ring (bicyclic) bond motifs is 1. The largest absolute Gasteiger partial charge is 0.450 e. The van der Waals surface area contributed by atoms with Crippen molar-refractivity contribution in [2.45, 2.75) is 32.3 Å². The van der Waals surface area contributed by atoms with E-state index in [1.54, 1.807) is 18.2 Å². The molecule has 1 aromatic heterocycles. The van der Waals surface area contributed by atoms with Crippen molar-refractivity contribution in [3.05, 3.63) is 69.4 Å². The Bertz CT molecular complexity index is 1100. The molecule has 0 saturated heterocycles. The summed E-state index contributed by atoms with van der Waals surface area (Å²) < 4.78 is 16.0. The predicted molar refractivity (Wildman–Crippen MR) is 124 cm³/mol. The first-order valence-corrected chi connectivity index (χ1v) is 11.1. The first-order chi connectivity index (χ1) is 15.4. The van der Waals surface area contributed by atoms with Gasteiger partial charge in [0.15, 0.2) is 6.61 Å². The molecule has 3 aromatic rings. The van der Waals surface area contributed by atoms with Crippen molar-refractivity contribution in [2.75, 3.05) is 20.3 Å². The number of hydrogen-bond acceptors (Lipinski definition) is 5. The maximum Gasteiger partial charge on any atom is 0.375 e. The number of nitrogens with one attached hydrogen (secondary N) is 1. The summed E-state index contributed by atoms with van der Waals surface area (Å²) in [7, 11) is 1.53. The second kappa shape index (κ2) is 11.4. The fourth-order valence-electron chi connectivity index (χ4n) is 3.58. The van der Waals surface area contributed by atoms with E-state index in [1.807, 2.05) is 24.3 Å². The van der Waals surface area contributed by atoms with Gasteiger partial charge >= 0.3 is 5.97 Å². The molecule has 1 N–H and O–H groups in total. The molecule has 0 aliphatic rings. The van der Waals surface area contributed by atoms with Gasteiger partial charge in [0.05, 0.1) is 6.61 Å². The molecule has 0 aliphatic carbocycles. The molecule has 1 atom stereocenters. The van der Waals surface area contributed by atoms with Gasteiger partial charge in [-0.15, -0.1) is 0 Å². The van der Waals surface area contributed by atoms with Gasteiger partial charge in [0.1, 0.15) is 5.58 Å². The molecule has 170 valence electrons. The lowest BCUT2D eigenvalue weighted by atomic mass is 9.94. The first kappa shape index (κ1) is 24.1. The van der Waals surface area contributed by atoms with Crippen LogP contribution in [0.1, 0.15) is 47.4 Å². The van der Waals surface area contributed by atoms with Crippen molar-refractivity contribution in [1.82, 2.24) is 5.32 Å². The number of methoxy groups -OCH3 is 1. The van der Waals surface area contributed by atoms with Crippen molar-refractivity contribution in [2.24, 2.45) is 0 Å². The van der Waals surface area contributed by atoms with E-state index in [9.17, 15) is 9.59 Å². The van der Waals surface area contributed by atoms with E-state index in [0.717, 1.165) is 23.8 Å². The number of esters is 1. The Kier molecular flexibility index (Phi) is 8.56. The number of benzene rings is 2. The molecule has 8 heteroatoms. The van der Waals surface area contributed by atoms with Gasteiger partial charge in [-0.05, 0) is 30.2 Å². The van der Waals surface area contributed by atoms with Gasteiger partial charge in [-0.2, -0.15) is 0 Å². The van der Waals surface area contributed by atoms with Gasteiger partial charge < -0.3 is 19.2 Å². The third-order valence-electron chi connectivity index (χ3n) is 5.09. The normalized spacial score (nSPS) is 12.0. The minimum Gasteiger partial charge on any atom is -0.450 e. The Morgan fingerprint density at radius 2 is 1.94 bits per heavy atom. The average Bonchev–Trinajstić information content (AvgIpc) is 3.14. The topological polar surface area (TPSA) is 77.8 Å². The lowest BCUT2D eigenvalue weighted by Gasteiger charge is -2.19. The molecule has 32 heavy (non-hydrogen) atoms. The molecule has 1 amide bonds. The molecule has 0 bridgehead atoms. The molecule has 0 saturated carbocycles. The van der Waals surface area contributed by atoms with E-state index >= 15 is 0 Å². The standard InChI is InChI=1S/C24H25Cl2NO5/c1-3-6-15(17-10-9-16(25)11-20(17)26)12-27-22(28)14-31-24(29)23-19(13-30-2)18-7-4-5-8-21(18)32-23/h4-5,7-11,15H,3,6,12-14H2,1-2H3,(H,27,28)/t15-/m1/s1. The number of ether oxygens (including phenoxy) is 2. The number of rotatable bonds is 10. The predicted octanol–water partition coefficient (Wildman–Crippen LogP) is 5.74. The van der Waals surface area contributed by atoms with E-state index < -0.39 is 18.5 Å². The van der Waals surface area contributed by atoms with E-state index in [2.05, 4.69) is 12.2 Å². The Balaban J connectivity index is 1.61. The fraction of sp³-hybridized carbons (Fsp3) is 0.333. The highest BCUT2D eigenvalue weighted by molar-refractivity contribution is 6.35. The van der Waals surface area contributed by atoms with Crippen LogP contribution in [0.4, 0.5) is 0 Å². The third-order valence-corrected chi connectivity index (χ3v) is 5.65. The van der Waals surface area contributed by atoms with Gasteiger partial charge in [-0.25, -0.2) is 4.79 Å². The van der Waals surface area contributed by atoms with Crippen LogP contribution in [0.2, 0.25) is 10.0 Å². The van der Waals surface area contributed by atoms with Crippen LogP contribution >= 0.6 is 23.2 Å². The van der Waals surface area contributed by atoms with Gasteiger partial charge in [0.25, 0.3) is 5.91 Å². The van der Waals surface area contributed by atoms with Crippen LogP contribution in [0, 0.1) is 0 Å². The molecule has 2 aromatic carbocycles. The summed E-state index contributed by atoms with van der Waals surface area (Å²) in [5, 5.41) is 4.71. The minimum atomic E-state index is -0.714. The Hall–Kier alpha value is -2.54. The van der Waals surface area contributed by atoms with Crippen LogP contribution < -0.4 is 5.32 Å². The quantitative estimate of drug-likeness (QED) is 0.376. The molecule has 3 rings (SSSR count). The maximum atomic E-state index is 12.6. The lowest BCUT2D eigenvalue weighted by molar-refractivity contribution is -0.124. The number of furan rings is 1. The minimum absolute atomic E-state index is 0.0214. The van der Waals surface area contributed by atoms with Gasteiger partial charge in [-0.1, -0.05) is 60.8 Å². The summed E-state index contributed by atoms with van der Waals surface area (Å²) in [5.74, 6) is -1.06. The van der Waals surface area contributed by atoms with Crippen molar-refractivity contribution >= 4 is 46.0 Å². The molecule has 1 heterocycles. The second-order valence-corrected chi connectivity index (χ2v) is 8.21. The summed E-state index contributed by atoms with van der Waals surface area (Å²) in [6, 6.07) is 12.6. The molecule has 0 fully saturated rings. The number of amides is 1. The van der Waals surface area contributed by atoms with Crippen LogP contribution in [-0.2, 0) is 20.9 Å². The molecule has 0 aliphatic heterocycles. The summed E-state index contributed by atoms with van der Waals surface area (Å²) in [5.41, 5.74) is 2.06. The van der Waals surface area contributed by atoms with Gasteiger partial charge in [-0.3, -0.25) is 4.79 Å². The number of carbonyl (C=O) groups excluding carboxylic acids is 2. The summed E-state index contributed by atoms with van der Waals surface area (Å²) in [6.07, 6.45) is 1.75. The molecule has 0 unspecified atom stereocenters. The Morgan fingerprint density at radius 3 is 2.66 bits per heavy atom. The highest BCUT2D eigenvalue weighted by atomic mass is 35.5. The molecular formula is C24H25Cl2NO5. The van der Waals surface area contributed by atoms with E-state index in [1.165, 1.54) is 7.11 Å². The highest BCUT2D eigenvalue weighted by Gasteiger charge is 2.23. The van der Waals surface area contributed by atoms with Crippen molar-refractivity contribution in [1.29, 1.82) is 0 Å². The van der Waals surface area contributed by atoms with E-state index in [-0.39, 0.29) is 18.3 Å². The van der Waals surface area contributed by atoms with Crippen molar-refractivity contribution in [3.8, 4) is 0 Å². The number of halogens is 2. The van der Waals surface area contributed by atoms with Crippen LogP contribution in [0.15, 0.2) is 46.9 Å². The maximum absolute atomic E-state index is 12.6. The zero-order chi connectivity index (χ0) is 23.1. The SMILES string of the molecule is CCC[C@H](CNC(=O)COC(=O)c1oc2ccccc2c1COC)c1ccc(Cl)cc1Cl.